The minimum atomic E-state index is -5.54. The van der Waals surface area contributed by atoms with Crippen LogP contribution in [0.2, 0.25) is 0 Å². The molecule has 2 unspecified atom stereocenters. The maximum Gasteiger partial charge on any atom is 0.432 e. The molecule has 0 amide bonds. The lowest BCUT2D eigenvalue weighted by atomic mass is 9.66. The van der Waals surface area contributed by atoms with E-state index in [9.17, 15) is 26.3 Å². The summed E-state index contributed by atoms with van der Waals surface area (Å²) in [6.07, 6.45) is -5.03. The molecule has 0 aromatic carbocycles. The normalized spacial score (nSPS) is 39.1. The summed E-state index contributed by atoms with van der Waals surface area (Å²) in [7, 11) is 0. The molecule has 1 saturated carbocycles. The van der Waals surface area contributed by atoms with Crippen molar-refractivity contribution in [2.24, 2.45) is 5.92 Å². The van der Waals surface area contributed by atoms with Crippen molar-refractivity contribution in [1.29, 1.82) is 0 Å². The molecule has 0 aromatic heterocycles. The number of allylic oxidation sites excluding steroid dienone is 2. The maximum absolute atomic E-state index is 13.6. The molecule has 0 N–H and O–H groups in total. The lowest BCUT2D eigenvalue weighted by Crippen LogP contribution is -2.63. The lowest BCUT2D eigenvalue weighted by molar-refractivity contribution is -0.310. The van der Waals surface area contributed by atoms with Gasteiger partial charge in [0.2, 0.25) is 0 Å². The third-order valence-electron chi connectivity index (χ3n) is 3.22. The highest BCUT2D eigenvalue weighted by Gasteiger charge is 2.77. The second-order valence-corrected chi connectivity index (χ2v) is 3.98. The second-order valence-electron chi connectivity index (χ2n) is 3.98. The Morgan fingerprint density at radius 2 is 1.80 bits per heavy atom. The highest BCUT2D eigenvalue weighted by Crippen LogP contribution is 2.61. The lowest BCUT2D eigenvalue weighted by Gasteiger charge is -2.47. The molecule has 6 heteroatoms. The minimum Gasteiger partial charge on any atom is -0.222 e. The summed E-state index contributed by atoms with van der Waals surface area (Å²) in [6, 6.07) is 0. The van der Waals surface area contributed by atoms with Crippen LogP contribution in [0.1, 0.15) is 19.3 Å². The van der Waals surface area contributed by atoms with Crippen LogP contribution in [0, 0.1) is 5.92 Å². The number of hydrogen-bond donors (Lipinski definition) is 0. The van der Waals surface area contributed by atoms with E-state index in [4.69, 9.17) is 0 Å². The topological polar surface area (TPSA) is 0 Å². The van der Waals surface area contributed by atoms with E-state index in [1.807, 2.05) is 0 Å². The minimum absolute atomic E-state index is 0.0689. The van der Waals surface area contributed by atoms with E-state index in [1.165, 1.54) is 0 Å². The standard InChI is InChI=1S/C9H8F6/c10-7(9(13,14)15)5-1-3-6(4-2-5)8(7,11)12/h1,6H,2-4H2. The zero-order valence-corrected chi connectivity index (χ0v) is 7.54. The van der Waals surface area contributed by atoms with Crippen LogP contribution in [0.15, 0.2) is 11.6 Å². The van der Waals surface area contributed by atoms with E-state index in [0.29, 0.717) is 0 Å². The average molecular weight is 230 g/mol. The number of hydrogen-bond acceptors (Lipinski definition) is 0. The second kappa shape index (κ2) is 2.71. The molecule has 2 bridgehead atoms. The summed E-state index contributed by atoms with van der Waals surface area (Å²) < 4.78 is 77.4. The van der Waals surface area contributed by atoms with Crippen molar-refractivity contribution in [3.8, 4) is 0 Å². The summed E-state index contributed by atoms with van der Waals surface area (Å²) in [5, 5.41) is 0. The van der Waals surface area contributed by atoms with Gasteiger partial charge in [-0.3, -0.25) is 0 Å². The fourth-order valence-electron chi connectivity index (χ4n) is 2.34. The van der Waals surface area contributed by atoms with Crippen LogP contribution < -0.4 is 0 Å². The fraction of sp³-hybridized carbons (Fsp3) is 0.778. The molecule has 0 saturated heterocycles. The largest absolute Gasteiger partial charge is 0.432 e. The van der Waals surface area contributed by atoms with E-state index < -0.39 is 29.3 Å². The van der Waals surface area contributed by atoms with Crippen LogP contribution >= 0.6 is 0 Å². The van der Waals surface area contributed by atoms with E-state index in [0.717, 1.165) is 6.08 Å². The quantitative estimate of drug-likeness (QED) is 0.440. The van der Waals surface area contributed by atoms with Gasteiger partial charge in [-0.15, -0.1) is 0 Å². The van der Waals surface area contributed by atoms with Crippen molar-refractivity contribution in [2.75, 3.05) is 0 Å². The highest BCUT2D eigenvalue weighted by atomic mass is 19.4. The number of fused-ring (bicyclic) bond motifs is 3. The Bertz CT molecular complexity index is 315. The first kappa shape index (κ1) is 10.8. The van der Waals surface area contributed by atoms with Crippen LogP contribution in [0.5, 0.6) is 0 Å². The van der Waals surface area contributed by atoms with Crippen molar-refractivity contribution >= 4 is 0 Å². The van der Waals surface area contributed by atoms with Gasteiger partial charge in [0.05, 0.1) is 0 Å². The van der Waals surface area contributed by atoms with Crippen LogP contribution in [-0.2, 0) is 0 Å². The predicted octanol–water partition coefficient (Wildman–Crippen LogP) is 3.63. The van der Waals surface area contributed by atoms with Crippen molar-refractivity contribution in [3.63, 3.8) is 0 Å². The SMILES string of the molecule is FC(F)(F)C1(F)C2=CCC(CC2)C1(F)F. The van der Waals surface area contributed by atoms with E-state index in [1.54, 1.807) is 0 Å². The average Bonchev–Trinajstić information content (AvgIpc) is 2.12. The smallest absolute Gasteiger partial charge is 0.222 e. The van der Waals surface area contributed by atoms with Crippen LogP contribution in [0.4, 0.5) is 26.3 Å². The zero-order chi connectivity index (χ0) is 11.5. The van der Waals surface area contributed by atoms with Gasteiger partial charge >= 0.3 is 6.18 Å². The van der Waals surface area contributed by atoms with Gasteiger partial charge in [-0.05, 0) is 24.8 Å². The summed E-state index contributed by atoms with van der Waals surface area (Å²) in [4.78, 5) is 0. The molecule has 1 fully saturated rings. The van der Waals surface area contributed by atoms with Crippen molar-refractivity contribution in [3.05, 3.63) is 11.6 Å². The van der Waals surface area contributed by atoms with Crippen LogP contribution in [0.3, 0.4) is 0 Å². The molecule has 3 aliphatic carbocycles. The molecular weight excluding hydrogens is 222 g/mol. The zero-order valence-electron chi connectivity index (χ0n) is 7.54. The third kappa shape index (κ3) is 1.10. The van der Waals surface area contributed by atoms with Crippen molar-refractivity contribution in [1.82, 2.24) is 0 Å². The maximum atomic E-state index is 13.6. The summed E-state index contributed by atoms with van der Waals surface area (Å²) in [5.74, 6) is -5.85. The first-order valence-corrected chi connectivity index (χ1v) is 4.54. The Labute approximate surface area is 82.0 Å². The van der Waals surface area contributed by atoms with Crippen LogP contribution in [0.25, 0.3) is 0 Å². The molecule has 0 radical (unpaired) electrons. The monoisotopic (exact) mass is 230 g/mol. The van der Waals surface area contributed by atoms with Gasteiger partial charge in [-0.1, -0.05) is 6.08 Å². The summed E-state index contributed by atoms with van der Waals surface area (Å²) >= 11 is 0. The first-order chi connectivity index (χ1) is 6.71. The molecule has 0 aliphatic heterocycles. The van der Waals surface area contributed by atoms with Crippen molar-refractivity contribution in [2.45, 2.75) is 37.0 Å². The molecule has 3 rings (SSSR count). The van der Waals surface area contributed by atoms with Gasteiger partial charge in [0.1, 0.15) is 0 Å². The van der Waals surface area contributed by atoms with Gasteiger partial charge in [0.15, 0.2) is 0 Å². The van der Waals surface area contributed by atoms with Crippen LogP contribution in [-0.4, -0.2) is 17.8 Å². The van der Waals surface area contributed by atoms with Gasteiger partial charge in [-0.25, -0.2) is 13.2 Å². The van der Waals surface area contributed by atoms with Gasteiger partial charge in [-0.2, -0.15) is 13.2 Å². The van der Waals surface area contributed by atoms with Gasteiger partial charge in [0, 0.05) is 5.92 Å². The fourth-order valence-corrected chi connectivity index (χ4v) is 2.34. The Balaban J connectivity index is 2.55. The molecule has 0 nitrogen and oxygen atoms in total. The van der Waals surface area contributed by atoms with E-state index in [2.05, 4.69) is 0 Å². The van der Waals surface area contributed by atoms with Crippen molar-refractivity contribution < 1.29 is 26.3 Å². The van der Waals surface area contributed by atoms with E-state index >= 15 is 0 Å². The van der Waals surface area contributed by atoms with E-state index in [-0.39, 0.29) is 19.3 Å². The van der Waals surface area contributed by atoms with Gasteiger partial charge < -0.3 is 0 Å². The number of rotatable bonds is 0. The molecular formula is C9H8F6. The molecule has 0 aromatic rings. The highest BCUT2D eigenvalue weighted by molar-refractivity contribution is 5.33. The molecule has 0 spiro atoms. The molecule has 2 atom stereocenters. The predicted molar refractivity (Wildman–Crippen MR) is 40.3 cm³/mol. The molecule has 3 aliphatic rings. The summed E-state index contributed by atoms with van der Waals surface area (Å²) in [6.45, 7) is 0. The molecule has 15 heavy (non-hydrogen) atoms. The third-order valence-corrected chi connectivity index (χ3v) is 3.22. The molecule has 0 heterocycles. The summed E-state index contributed by atoms with van der Waals surface area (Å²) in [5.41, 5.74) is -5.25. The number of alkyl halides is 6. The molecule has 86 valence electrons. The van der Waals surface area contributed by atoms with Gasteiger partial charge in [0.25, 0.3) is 11.6 Å². The first-order valence-electron chi connectivity index (χ1n) is 4.54. The Hall–Kier alpha value is -0.680. The number of halogens is 6. The Morgan fingerprint density at radius 1 is 1.20 bits per heavy atom. The Kier molecular flexibility index (Phi) is 1.95. The Morgan fingerprint density at radius 3 is 2.07 bits per heavy atom.